The van der Waals surface area contributed by atoms with Gasteiger partial charge in [0, 0.05) is 22.2 Å². The largest absolute Gasteiger partial charge is 0.479 e. The first-order valence-corrected chi connectivity index (χ1v) is 11.4. The Morgan fingerprint density at radius 1 is 1.42 bits per heavy atom. The van der Waals surface area contributed by atoms with Gasteiger partial charge in [0.05, 0.1) is 0 Å². The van der Waals surface area contributed by atoms with Crippen LogP contribution in [0.15, 0.2) is 15.8 Å². The maximum Gasteiger partial charge on any atom is 0.353 e. The van der Waals surface area contributed by atoms with Gasteiger partial charge in [-0.3, -0.25) is 14.5 Å². The number of rotatable bonds is 9. The molecule has 2 amide bonds. The molecule has 2 aliphatic rings. The number of aromatic nitrogens is 2. The van der Waals surface area contributed by atoms with E-state index in [1.165, 1.54) is 23.5 Å². The number of nitrogen functional groups attached to an aromatic ring is 1. The summed E-state index contributed by atoms with van der Waals surface area (Å²) in [5.41, 5.74) is 4.97. The number of β-lactam (4-membered cyclic amide) rings is 1. The molecule has 2 aliphatic heterocycles. The van der Waals surface area contributed by atoms with Crippen LogP contribution in [-0.2, 0) is 24.0 Å². The Bertz CT molecular complexity index is 993. The normalized spacial score (nSPS) is 20.7. The van der Waals surface area contributed by atoms with Crippen molar-refractivity contribution in [3.05, 3.63) is 16.4 Å². The van der Waals surface area contributed by atoms with E-state index >= 15 is 0 Å². The number of hydrogen-bond acceptors (Lipinski definition) is 12. The Morgan fingerprint density at radius 2 is 2.16 bits per heavy atom. The third-order valence-electron chi connectivity index (χ3n) is 3.95. The zero-order valence-electron chi connectivity index (χ0n) is 15.8. The Labute approximate surface area is 187 Å². The minimum absolute atomic E-state index is 0.0413. The number of aliphatic carboxylic acids is 2. The van der Waals surface area contributed by atoms with Gasteiger partial charge in [0.15, 0.2) is 5.13 Å². The van der Waals surface area contributed by atoms with Crippen LogP contribution in [0.1, 0.15) is 12.7 Å². The Balaban J connectivity index is 1.78. The Kier molecular flexibility index (Phi) is 7.01. The molecular weight excluding hydrogens is 472 g/mol. The van der Waals surface area contributed by atoms with Crippen LogP contribution < -0.4 is 11.1 Å². The van der Waals surface area contributed by atoms with Crippen molar-refractivity contribution in [2.24, 2.45) is 5.16 Å². The molecule has 0 bridgehead atoms. The fourth-order valence-corrected chi connectivity index (χ4v) is 5.59. The molecular formula is C15H16N6O7S3. The van der Waals surface area contributed by atoms with Gasteiger partial charge in [0.25, 0.3) is 11.8 Å². The first-order chi connectivity index (χ1) is 14.7. The quantitative estimate of drug-likeness (QED) is 0.195. The summed E-state index contributed by atoms with van der Waals surface area (Å²) < 4.78 is 3.85. The lowest BCUT2D eigenvalue weighted by Crippen LogP contribution is -2.71. The van der Waals surface area contributed by atoms with Gasteiger partial charge in [-0.2, -0.15) is 9.36 Å². The number of thioether (sulfide) groups is 2. The van der Waals surface area contributed by atoms with Gasteiger partial charge in [0.2, 0.25) is 18.1 Å². The Hall–Kier alpha value is -2.85. The summed E-state index contributed by atoms with van der Waals surface area (Å²) in [5, 5.41) is 23.6. The summed E-state index contributed by atoms with van der Waals surface area (Å²) in [4.78, 5) is 57.9. The molecule has 5 N–H and O–H groups in total. The van der Waals surface area contributed by atoms with Crippen molar-refractivity contribution in [3.63, 3.8) is 0 Å². The number of nitrogens with zero attached hydrogens (tertiary/aromatic N) is 4. The van der Waals surface area contributed by atoms with Crippen LogP contribution in [0.5, 0.6) is 0 Å². The molecule has 2 atom stereocenters. The van der Waals surface area contributed by atoms with Crippen LogP contribution in [0.4, 0.5) is 5.13 Å². The number of oxime groups is 1. The molecule has 1 saturated heterocycles. The van der Waals surface area contributed by atoms with E-state index in [4.69, 9.17) is 10.8 Å². The van der Waals surface area contributed by atoms with Crippen LogP contribution in [0.2, 0.25) is 0 Å². The van der Waals surface area contributed by atoms with E-state index in [1.54, 1.807) is 0 Å². The highest BCUT2D eigenvalue weighted by Gasteiger charge is 2.54. The highest BCUT2D eigenvalue weighted by molar-refractivity contribution is 8.06. The summed E-state index contributed by atoms with van der Waals surface area (Å²) in [6.07, 6.45) is 0. The smallest absolute Gasteiger partial charge is 0.353 e. The predicted molar refractivity (Wildman–Crippen MR) is 112 cm³/mol. The molecule has 31 heavy (non-hydrogen) atoms. The van der Waals surface area contributed by atoms with E-state index in [0.717, 1.165) is 16.4 Å². The van der Waals surface area contributed by atoms with Crippen molar-refractivity contribution in [1.29, 1.82) is 0 Å². The number of fused-ring (bicyclic) bond motifs is 1. The van der Waals surface area contributed by atoms with Gasteiger partial charge in [-0.15, -0.1) is 23.5 Å². The number of carboxylic acids is 2. The lowest BCUT2D eigenvalue weighted by atomic mass is 10.0. The fourth-order valence-electron chi connectivity index (χ4n) is 2.75. The SMILES string of the molecule is CCSC1=C(C(=O)O)N2C(=O)C(NC(=O)/C(=N/OCC(=O)O)c3nsc(N)n3)[C@H]2SC1. The molecule has 1 aromatic heterocycles. The molecule has 0 aromatic carbocycles. The topological polar surface area (TPSA) is 197 Å². The molecule has 1 fully saturated rings. The lowest BCUT2D eigenvalue weighted by Gasteiger charge is -2.49. The van der Waals surface area contributed by atoms with Gasteiger partial charge < -0.3 is 26.1 Å². The lowest BCUT2D eigenvalue weighted by molar-refractivity contribution is -0.150. The van der Waals surface area contributed by atoms with Gasteiger partial charge >= 0.3 is 11.9 Å². The minimum atomic E-state index is -1.31. The van der Waals surface area contributed by atoms with Crippen molar-refractivity contribution in [1.82, 2.24) is 19.6 Å². The number of carbonyl (C=O) groups is 4. The summed E-state index contributed by atoms with van der Waals surface area (Å²) >= 11 is 3.45. The zero-order chi connectivity index (χ0) is 22.7. The van der Waals surface area contributed by atoms with Crippen molar-refractivity contribution >= 4 is 69.7 Å². The molecule has 0 aliphatic carbocycles. The molecule has 13 nitrogen and oxygen atoms in total. The van der Waals surface area contributed by atoms with Gasteiger partial charge in [-0.25, -0.2) is 9.59 Å². The fraction of sp³-hybridized carbons (Fsp3) is 0.400. The standard InChI is InChI=1S/C15H16N6O7S3/c1-2-29-5-4-30-13-8(12(25)21(13)9(5)14(26)27)17-11(24)7(19-28-3-6(22)23)10-18-15(16)31-20-10/h8,13H,2-4H2,1H3,(H,17,24)(H,22,23)(H,26,27)(H2,16,18,20)/b19-7+/t8?,13-/m1/s1. The second-order valence-corrected chi connectivity index (χ2v) is 9.18. The molecule has 166 valence electrons. The van der Waals surface area contributed by atoms with Crippen LogP contribution in [0.25, 0.3) is 0 Å². The van der Waals surface area contributed by atoms with E-state index in [-0.39, 0.29) is 16.7 Å². The highest BCUT2D eigenvalue weighted by atomic mass is 32.2. The van der Waals surface area contributed by atoms with E-state index in [9.17, 15) is 24.3 Å². The average molecular weight is 489 g/mol. The van der Waals surface area contributed by atoms with Gasteiger partial charge in [-0.1, -0.05) is 12.1 Å². The third-order valence-corrected chi connectivity index (χ3v) is 6.93. The Morgan fingerprint density at radius 3 is 2.74 bits per heavy atom. The monoisotopic (exact) mass is 488 g/mol. The third kappa shape index (κ3) is 4.75. The number of hydrogen-bond donors (Lipinski definition) is 4. The van der Waals surface area contributed by atoms with Crippen molar-refractivity contribution in [2.75, 3.05) is 23.8 Å². The minimum Gasteiger partial charge on any atom is -0.479 e. The van der Waals surface area contributed by atoms with E-state index in [0.29, 0.717) is 16.4 Å². The van der Waals surface area contributed by atoms with Crippen LogP contribution in [0, 0.1) is 0 Å². The number of anilines is 1. The maximum atomic E-state index is 12.7. The number of amides is 2. The van der Waals surface area contributed by atoms with E-state index in [2.05, 4.69) is 24.7 Å². The molecule has 0 spiro atoms. The number of nitrogens with one attached hydrogen (secondary N) is 1. The summed E-state index contributed by atoms with van der Waals surface area (Å²) in [6, 6.07) is -1.01. The van der Waals surface area contributed by atoms with Crippen LogP contribution >= 0.6 is 35.1 Å². The summed E-state index contributed by atoms with van der Waals surface area (Å²) in [7, 11) is 0. The van der Waals surface area contributed by atoms with Gasteiger partial charge in [0.1, 0.15) is 17.1 Å². The summed E-state index contributed by atoms with van der Waals surface area (Å²) in [5.74, 6) is -3.17. The van der Waals surface area contributed by atoms with Crippen molar-refractivity contribution in [3.8, 4) is 0 Å². The molecule has 0 radical (unpaired) electrons. The summed E-state index contributed by atoms with van der Waals surface area (Å²) in [6.45, 7) is 1.07. The predicted octanol–water partition coefficient (Wildman–Crippen LogP) is -0.625. The van der Waals surface area contributed by atoms with Crippen LogP contribution in [-0.4, -0.2) is 83.5 Å². The van der Waals surface area contributed by atoms with Gasteiger partial charge in [-0.05, 0) is 5.75 Å². The van der Waals surface area contributed by atoms with Crippen molar-refractivity contribution < 1.29 is 34.2 Å². The molecule has 1 unspecified atom stereocenters. The first kappa shape index (κ1) is 22.8. The first-order valence-electron chi connectivity index (χ1n) is 8.60. The maximum absolute atomic E-state index is 12.7. The van der Waals surface area contributed by atoms with Crippen molar-refractivity contribution in [2.45, 2.75) is 18.3 Å². The van der Waals surface area contributed by atoms with Crippen LogP contribution in [0.3, 0.4) is 0 Å². The average Bonchev–Trinajstić information content (AvgIpc) is 3.14. The second kappa shape index (κ2) is 9.52. The highest BCUT2D eigenvalue weighted by Crippen LogP contribution is 2.43. The number of carbonyl (C=O) groups excluding carboxylic acids is 2. The molecule has 1 aromatic rings. The molecule has 0 saturated carbocycles. The molecule has 3 rings (SSSR count). The molecule has 3 heterocycles. The number of carboxylic acid groups (broad SMARTS) is 2. The zero-order valence-corrected chi connectivity index (χ0v) is 18.3. The number of nitrogens with two attached hydrogens (primary N) is 1. The molecule has 16 heteroatoms. The van der Waals surface area contributed by atoms with E-state index in [1.807, 2.05) is 6.92 Å². The van der Waals surface area contributed by atoms with E-state index < -0.39 is 47.5 Å². The second-order valence-electron chi connectivity index (χ2n) is 5.93.